The van der Waals surface area contributed by atoms with E-state index in [0.29, 0.717) is 0 Å². The Bertz CT molecular complexity index is 589. The van der Waals surface area contributed by atoms with Crippen molar-refractivity contribution in [3.63, 3.8) is 0 Å². The summed E-state index contributed by atoms with van der Waals surface area (Å²) in [6.45, 7) is 8.43. The second kappa shape index (κ2) is 5.70. The highest BCUT2D eigenvalue weighted by molar-refractivity contribution is 5.84. The van der Waals surface area contributed by atoms with Gasteiger partial charge in [-0.1, -0.05) is 29.8 Å². The van der Waals surface area contributed by atoms with E-state index in [1.807, 2.05) is 18.3 Å². The Balaban J connectivity index is 2.16. The Kier molecular flexibility index (Phi) is 4.00. The van der Waals surface area contributed by atoms with Gasteiger partial charge in [0.25, 0.3) is 0 Å². The fourth-order valence-corrected chi connectivity index (χ4v) is 2.28. The Morgan fingerprint density at radius 1 is 0.895 bits per heavy atom. The summed E-state index contributed by atoms with van der Waals surface area (Å²) in [6.07, 6.45) is 1.90. The van der Waals surface area contributed by atoms with E-state index in [9.17, 15) is 0 Å². The predicted molar refractivity (Wildman–Crippen MR) is 83.0 cm³/mol. The Morgan fingerprint density at radius 2 is 1.58 bits per heavy atom. The van der Waals surface area contributed by atoms with Gasteiger partial charge in [0.2, 0.25) is 0 Å². The van der Waals surface area contributed by atoms with Gasteiger partial charge in [-0.15, -0.1) is 0 Å². The second-order valence-corrected chi connectivity index (χ2v) is 5.05. The Labute approximate surface area is 115 Å². The molecule has 0 radical (unpaired) electrons. The van der Waals surface area contributed by atoms with Gasteiger partial charge in [0.05, 0.1) is 11.9 Å². The molecule has 0 bridgehead atoms. The van der Waals surface area contributed by atoms with Crippen LogP contribution in [0, 0.1) is 27.7 Å². The zero-order valence-electron chi connectivity index (χ0n) is 12.0. The van der Waals surface area contributed by atoms with Gasteiger partial charge in [0.1, 0.15) is 0 Å². The smallest absolute Gasteiger partial charge is 0.0564 e. The molecular formula is C17H20N2. The molecule has 0 fully saturated rings. The molecular weight excluding hydrogens is 232 g/mol. The summed E-state index contributed by atoms with van der Waals surface area (Å²) in [5.74, 6) is 0. The van der Waals surface area contributed by atoms with Crippen molar-refractivity contribution in [1.29, 1.82) is 0 Å². The van der Waals surface area contributed by atoms with Crippen LogP contribution in [0.5, 0.6) is 0 Å². The van der Waals surface area contributed by atoms with Crippen LogP contribution in [0.2, 0.25) is 0 Å². The average Bonchev–Trinajstić information content (AvgIpc) is 2.32. The maximum atomic E-state index is 4.33. The number of rotatable bonds is 3. The first-order chi connectivity index (χ1) is 9.06. The van der Waals surface area contributed by atoms with Crippen LogP contribution in [-0.2, 0) is 0 Å². The van der Waals surface area contributed by atoms with Gasteiger partial charge in [-0.3, -0.25) is 5.43 Å². The van der Waals surface area contributed by atoms with E-state index in [-0.39, 0.29) is 0 Å². The zero-order chi connectivity index (χ0) is 13.8. The summed E-state index contributed by atoms with van der Waals surface area (Å²) in [5, 5.41) is 4.33. The van der Waals surface area contributed by atoms with E-state index in [0.717, 1.165) is 5.69 Å². The first kappa shape index (κ1) is 13.3. The fourth-order valence-electron chi connectivity index (χ4n) is 2.28. The van der Waals surface area contributed by atoms with Crippen molar-refractivity contribution in [3.8, 4) is 0 Å². The maximum absolute atomic E-state index is 4.33. The van der Waals surface area contributed by atoms with Crippen molar-refractivity contribution in [2.45, 2.75) is 27.7 Å². The van der Waals surface area contributed by atoms with Crippen molar-refractivity contribution in [2.75, 3.05) is 5.43 Å². The SMILES string of the molecule is Cc1cccc(N/N=C\c2c(C)cc(C)cc2C)c1. The minimum Gasteiger partial charge on any atom is -0.278 e. The number of nitrogens with one attached hydrogen (secondary N) is 1. The number of nitrogens with zero attached hydrogens (tertiary/aromatic N) is 1. The molecule has 2 nitrogen and oxygen atoms in total. The summed E-state index contributed by atoms with van der Waals surface area (Å²) < 4.78 is 0. The molecule has 2 aromatic rings. The molecule has 19 heavy (non-hydrogen) atoms. The highest BCUT2D eigenvalue weighted by atomic mass is 15.3. The number of hydrazone groups is 1. The van der Waals surface area contributed by atoms with Gasteiger partial charge in [-0.2, -0.15) is 5.10 Å². The van der Waals surface area contributed by atoms with Crippen LogP contribution >= 0.6 is 0 Å². The highest BCUT2D eigenvalue weighted by Crippen LogP contribution is 2.14. The first-order valence-corrected chi connectivity index (χ1v) is 6.50. The van der Waals surface area contributed by atoms with Crippen molar-refractivity contribution >= 4 is 11.9 Å². The van der Waals surface area contributed by atoms with Crippen molar-refractivity contribution in [1.82, 2.24) is 0 Å². The van der Waals surface area contributed by atoms with E-state index in [4.69, 9.17) is 0 Å². The molecule has 0 spiro atoms. The Hall–Kier alpha value is -2.09. The number of hydrogen-bond donors (Lipinski definition) is 1. The van der Waals surface area contributed by atoms with Crippen LogP contribution < -0.4 is 5.43 Å². The second-order valence-electron chi connectivity index (χ2n) is 5.05. The molecule has 0 heterocycles. The minimum absolute atomic E-state index is 1.01. The molecule has 2 aromatic carbocycles. The van der Waals surface area contributed by atoms with Gasteiger partial charge in [-0.25, -0.2) is 0 Å². The van der Waals surface area contributed by atoms with Crippen LogP contribution in [0.25, 0.3) is 0 Å². The van der Waals surface area contributed by atoms with Crippen LogP contribution in [0.3, 0.4) is 0 Å². The van der Waals surface area contributed by atoms with Gasteiger partial charge in [-0.05, 0) is 56.5 Å². The molecule has 0 saturated heterocycles. The van der Waals surface area contributed by atoms with Crippen LogP contribution in [0.4, 0.5) is 5.69 Å². The molecule has 0 amide bonds. The average molecular weight is 252 g/mol. The van der Waals surface area contributed by atoms with E-state index in [1.165, 1.54) is 27.8 Å². The van der Waals surface area contributed by atoms with E-state index >= 15 is 0 Å². The largest absolute Gasteiger partial charge is 0.278 e. The summed E-state index contributed by atoms with van der Waals surface area (Å²) in [4.78, 5) is 0. The predicted octanol–water partition coefficient (Wildman–Crippen LogP) is 4.37. The number of hydrogen-bond acceptors (Lipinski definition) is 2. The molecule has 1 N–H and O–H groups in total. The van der Waals surface area contributed by atoms with Gasteiger partial charge >= 0.3 is 0 Å². The van der Waals surface area contributed by atoms with E-state index in [1.54, 1.807) is 0 Å². The van der Waals surface area contributed by atoms with Gasteiger partial charge < -0.3 is 0 Å². The normalized spacial score (nSPS) is 10.9. The van der Waals surface area contributed by atoms with Crippen molar-refractivity contribution in [2.24, 2.45) is 5.10 Å². The highest BCUT2D eigenvalue weighted by Gasteiger charge is 2.00. The lowest BCUT2D eigenvalue weighted by molar-refractivity contribution is 1.28. The number of anilines is 1. The van der Waals surface area contributed by atoms with Crippen LogP contribution in [0.1, 0.15) is 27.8 Å². The monoisotopic (exact) mass is 252 g/mol. The number of aryl methyl sites for hydroxylation is 4. The molecule has 0 aliphatic heterocycles. The van der Waals surface area contributed by atoms with Crippen LogP contribution in [-0.4, -0.2) is 6.21 Å². The molecule has 0 aliphatic rings. The lowest BCUT2D eigenvalue weighted by Gasteiger charge is -2.07. The van der Waals surface area contributed by atoms with E-state index < -0.39 is 0 Å². The minimum atomic E-state index is 1.01. The molecule has 0 saturated carbocycles. The van der Waals surface area contributed by atoms with Gasteiger partial charge in [0, 0.05) is 5.56 Å². The summed E-state index contributed by atoms with van der Waals surface area (Å²) in [6, 6.07) is 12.5. The first-order valence-electron chi connectivity index (χ1n) is 6.50. The number of benzene rings is 2. The fraction of sp³-hybridized carbons (Fsp3) is 0.235. The Morgan fingerprint density at radius 3 is 2.21 bits per heavy atom. The quantitative estimate of drug-likeness (QED) is 0.636. The standard InChI is InChI=1S/C17H20N2/c1-12-6-5-7-16(10-12)19-18-11-17-14(3)8-13(2)9-15(17)4/h5-11,19H,1-4H3/b18-11-. The van der Waals surface area contributed by atoms with E-state index in [2.05, 4.69) is 62.5 Å². The lowest BCUT2D eigenvalue weighted by atomic mass is 10.0. The molecule has 0 aliphatic carbocycles. The maximum Gasteiger partial charge on any atom is 0.0564 e. The summed E-state index contributed by atoms with van der Waals surface area (Å²) >= 11 is 0. The molecule has 98 valence electrons. The van der Waals surface area contributed by atoms with Gasteiger partial charge in [0.15, 0.2) is 0 Å². The third-order valence-corrected chi connectivity index (χ3v) is 3.14. The molecule has 2 rings (SSSR count). The molecule has 0 aromatic heterocycles. The lowest BCUT2D eigenvalue weighted by Crippen LogP contribution is -1.96. The summed E-state index contributed by atoms with van der Waals surface area (Å²) in [7, 11) is 0. The third-order valence-electron chi connectivity index (χ3n) is 3.14. The molecule has 0 atom stereocenters. The zero-order valence-corrected chi connectivity index (χ0v) is 12.0. The third kappa shape index (κ3) is 3.44. The van der Waals surface area contributed by atoms with Crippen LogP contribution in [0.15, 0.2) is 41.5 Å². The molecule has 2 heteroatoms. The van der Waals surface area contributed by atoms with Crippen molar-refractivity contribution in [3.05, 3.63) is 64.2 Å². The van der Waals surface area contributed by atoms with Crippen molar-refractivity contribution < 1.29 is 0 Å². The summed E-state index contributed by atoms with van der Waals surface area (Å²) in [5.41, 5.74) is 10.3. The molecule has 0 unspecified atom stereocenters. The topological polar surface area (TPSA) is 24.4 Å².